The largest absolute Gasteiger partial charge is 0.478 e. The Morgan fingerprint density at radius 3 is 2.67 bits per heavy atom. The zero-order valence-electron chi connectivity index (χ0n) is 11.2. The van der Waals surface area contributed by atoms with E-state index >= 15 is 0 Å². The number of Topliss-reactive ketones (excluding diaryl/α,β-unsaturated/α-hetero) is 1. The van der Waals surface area contributed by atoms with E-state index < -0.39 is 23.1 Å². The molecule has 0 saturated heterocycles. The highest BCUT2D eigenvalue weighted by Crippen LogP contribution is 2.27. The summed E-state index contributed by atoms with van der Waals surface area (Å²) in [5, 5.41) is 10.9. The van der Waals surface area contributed by atoms with Crippen molar-refractivity contribution in [2.45, 2.75) is 6.92 Å². The summed E-state index contributed by atoms with van der Waals surface area (Å²) in [7, 11) is 0. The van der Waals surface area contributed by atoms with Crippen LogP contribution in [0.25, 0.3) is 0 Å². The summed E-state index contributed by atoms with van der Waals surface area (Å²) < 4.78 is 18.6. The molecular formula is C15H12FNO4. The molecule has 0 fully saturated rings. The topological polar surface area (TPSA) is 69.4 Å². The highest BCUT2D eigenvalue weighted by atomic mass is 19.1. The summed E-state index contributed by atoms with van der Waals surface area (Å²) in [5.41, 5.74) is 0.373. The molecule has 2 rings (SSSR count). The molecule has 0 aliphatic heterocycles. The van der Waals surface area contributed by atoms with Crippen LogP contribution in [-0.2, 0) is 0 Å². The van der Waals surface area contributed by atoms with Crippen molar-refractivity contribution in [1.29, 1.82) is 0 Å². The van der Waals surface area contributed by atoms with Crippen LogP contribution in [0.1, 0.15) is 15.9 Å². The zero-order valence-corrected chi connectivity index (χ0v) is 11.2. The van der Waals surface area contributed by atoms with E-state index in [0.717, 1.165) is 0 Å². The molecule has 0 amide bonds. The van der Waals surface area contributed by atoms with Crippen LogP contribution in [0.5, 0.6) is 5.75 Å². The predicted octanol–water partition coefficient (Wildman–Crippen LogP) is 3.30. The number of nitrogens with zero attached hydrogens (tertiary/aromatic N) is 1. The van der Waals surface area contributed by atoms with E-state index in [4.69, 9.17) is 4.74 Å². The fourth-order valence-electron chi connectivity index (χ4n) is 1.80. The number of benzene rings is 2. The van der Waals surface area contributed by atoms with Gasteiger partial charge in [0.15, 0.2) is 12.4 Å². The number of halogens is 1. The zero-order chi connectivity index (χ0) is 15.4. The maximum absolute atomic E-state index is 13.4. The Balaban J connectivity index is 2.15. The van der Waals surface area contributed by atoms with Gasteiger partial charge in [-0.1, -0.05) is 18.2 Å². The Hall–Kier alpha value is -2.76. The van der Waals surface area contributed by atoms with Gasteiger partial charge in [-0.05, 0) is 30.7 Å². The van der Waals surface area contributed by atoms with Gasteiger partial charge in [-0.25, -0.2) is 4.39 Å². The van der Waals surface area contributed by atoms with Gasteiger partial charge in [0.1, 0.15) is 5.82 Å². The van der Waals surface area contributed by atoms with Crippen molar-refractivity contribution < 1.29 is 18.8 Å². The normalized spacial score (nSPS) is 10.2. The first-order valence-corrected chi connectivity index (χ1v) is 6.14. The highest BCUT2D eigenvalue weighted by molar-refractivity contribution is 5.97. The third-order valence-corrected chi connectivity index (χ3v) is 2.84. The molecule has 108 valence electrons. The smallest absolute Gasteiger partial charge is 0.311 e. The second-order valence-corrected chi connectivity index (χ2v) is 4.42. The monoisotopic (exact) mass is 289 g/mol. The van der Waals surface area contributed by atoms with E-state index in [0.29, 0.717) is 5.56 Å². The second kappa shape index (κ2) is 6.13. The standard InChI is InChI=1S/C15H12FNO4/c1-10-6-7-15(13(8-10)17(19)20)21-9-14(18)11-4-2-3-5-12(11)16/h2-8H,9H2,1H3. The van der Waals surface area contributed by atoms with Crippen LogP contribution >= 0.6 is 0 Å². The Labute approximate surface area is 120 Å². The lowest BCUT2D eigenvalue weighted by Gasteiger charge is -2.07. The summed E-state index contributed by atoms with van der Waals surface area (Å²) >= 11 is 0. The number of hydrogen-bond donors (Lipinski definition) is 0. The number of carbonyl (C=O) groups excluding carboxylic acids is 1. The van der Waals surface area contributed by atoms with Crippen LogP contribution in [0.4, 0.5) is 10.1 Å². The van der Waals surface area contributed by atoms with E-state index in [9.17, 15) is 19.3 Å². The SMILES string of the molecule is Cc1ccc(OCC(=O)c2ccccc2F)c([N+](=O)[O-])c1. The molecule has 0 unspecified atom stereocenters. The molecule has 0 N–H and O–H groups in total. The fraction of sp³-hybridized carbons (Fsp3) is 0.133. The van der Waals surface area contributed by atoms with Gasteiger partial charge in [-0.3, -0.25) is 14.9 Å². The second-order valence-electron chi connectivity index (χ2n) is 4.42. The number of rotatable bonds is 5. The third-order valence-electron chi connectivity index (χ3n) is 2.84. The van der Waals surface area contributed by atoms with Crippen molar-refractivity contribution in [3.05, 3.63) is 69.5 Å². The van der Waals surface area contributed by atoms with E-state index in [2.05, 4.69) is 0 Å². The number of ether oxygens (including phenoxy) is 1. The lowest BCUT2D eigenvalue weighted by Crippen LogP contribution is -2.13. The molecule has 6 heteroatoms. The average Bonchev–Trinajstić information content (AvgIpc) is 2.46. The molecule has 0 heterocycles. The highest BCUT2D eigenvalue weighted by Gasteiger charge is 2.17. The summed E-state index contributed by atoms with van der Waals surface area (Å²) in [4.78, 5) is 22.2. The van der Waals surface area contributed by atoms with Crippen LogP contribution in [0, 0.1) is 22.9 Å². The molecule has 21 heavy (non-hydrogen) atoms. The predicted molar refractivity (Wildman–Crippen MR) is 74.1 cm³/mol. The van der Waals surface area contributed by atoms with Gasteiger partial charge in [0.2, 0.25) is 5.78 Å². The van der Waals surface area contributed by atoms with Gasteiger partial charge in [0.25, 0.3) is 0 Å². The number of aryl methyl sites for hydroxylation is 1. The number of nitro benzene ring substituents is 1. The Bertz CT molecular complexity index is 700. The van der Waals surface area contributed by atoms with Crippen molar-refractivity contribution in [2.75, 3.05) is 6.61 Å². The molecule has 0 spiro atoms. The van der Waals surface area contributed by atoms with Gasteiger partial charge in [-0.15, -0.1) is 0 Å². The van der Waals surface area contributed by atoms with E-state index in [1.807, 2.05) is 0 Å². The minimum Gasteiger partial charge on any atom is -0.478 e. The van der Waals surface area contributed by atoms with Crippen molar-refractivity contribution in [2.24, 2.45) is 0 Å². The Kier molecular flexibility index (Phi) is 4.27. The van der Waals surface area contributed by atoms with Crippen molar-refractivity contribution in [1.82, 2.24) is 0 Å². The van der Waals surface area contributed by atoms with Crippen LogP contribution in [0.3, 0.4) is 0 Å². The molecule has 2 aromatic carbocycles. The molecule has 0 aliphatic carbocycles. The third kappa shape index (κ3) is 3.42. The van der Waals surface area contributed by atoms with Gasteiger partial charge in [-0.2, -0.15) is 0 Å². The van der Waals surface area contributed by atoms with Gasteiger partial charge in [0.05, 0.1) is 10.5 Å². The van der Waals surface area contributed by atoms with Gasteiger partial charge < -0.3 is 4.74 Å². The van der Waals surface area contributed by atoms with E-state index in [1.54, 1.807) is 13.0 Å². The molecule has 0 aromatic heterocycles. The van der Waals surface area contributed by atoms with Crippen molar-refractivity contribution in [3.8, 4) is 5.75 Å². The lowest BCUT2D eigenvalue weighted by atomic mass is 10.1. The van der Waals surface area contributed by atoms with Gasteiger partial charge >= 0.3 is 5.69 Å². The molecule has 0 aliphatic rings. The number of nitro groups is 1. The summed E-state index contributed by atoms with van der Waals surface area (Å²) in [6.45, 7) is 1.24. The van der Waals surface area contributed by atoms with E-state index in [-0.39, 0.29) is 17.0 Å². The van der Waals surface area contributed by atoms with Crippen LogP contribution < -0.4 is 4.74 Å². The molecule has 0 atom stereocenters. The quantitative estimate of drug-likeness (QED) is 0.481. The average molecular weight is 289 g/mol. The van der Waals surface area contributed by atoms with Crippen LogP contribution in [0.2, 0.25) is 0 Å². The lowest BCUT2D eigenvalue weighted by molar-refractivity contribution is -0.385. The maximum Gasteiger partial charge on any atom is 0.311 e. The summed E-state index contributed by atoms with van der Waals surface area (Å²) in [6.07, 6.45) is 0. The Morgan fingerprint density at radius 2 is 2.00 bits per heavy atom. The fourth-order valence-corrected chi connectivity index (χ4v) is 1.80. The number of ketones is 1. The summed E-state index contributed by atoms with van der Waals surface area (Å²) in [6, 6.07) is 9.91. The van der Waals surface area contributed by atoms with Gasteiger partial charge in [0, 0.05) is 6.07 Å². The minimum absolute atomic E-state index is 0.0183. The molecule has 2 aromatic rings. The minimum atomic E-state index is -0.649. The van der Waals surface area contributed by atoms with E-state index in [1.165, 1.54) is 36.4 Å². The summed E-state index contributed by atoms with van der Waals surface area (Å²) in [5.74, 6) is -1.25. The molecule has 0 bridgehead atoms. The van der Waals surface area contributed by atoms with Crippen LogP contribution in [0.15, 0.2) is 42.5 Å². The first-order chi connectivity index (χ1) is 9.99. The van der Waals surface area contributed by atoms with Crippen molar-refractivity contribution >= 4 is 11.5 Å². The number of hydrogen-bond acceptors (Lipinski definition) is 4. The maximum atomic E-state index is 13.4. The van der Waals surface area contributed by atoms with Crippen LogP contribution in [-0.4, -0.2) is 17.3 Å². The molecule has 0 radical (unpaired) electrons. The van der Waals surface area contributed by atoms with Crippen molar-refractivity contribution in [3.63, 3.8) is 0 Å². The Morgan fingerprint density at radius 1 is 1.29 bits per heavy atom. The first-order valence-electron chi connectivity index (χ1n) is 6.14. The molecular weight excluding hydrogens is 277 g/mol. The first kappa shape index (κ1) is 14.6. The number of carbonyl (C=O) groups is 1. The molecule has 5 nitrogen and oxygen atoms in total. The molecule has 0 saturated carbocycles.